The predicted molar refractivity (Wildman–Crippen MR) is 109 cm³/mol. The maximum Gasteiger partial charge on any atom is 0.275 e. The second-order valence-corrected chi connectivity index (χ2v) is 7.83. The Kier molecular flexibility index (Phi) is 6.03. The van der Waals surface area contributed by atoms with Gasteiger partial charge in [-0.15, -0.1) is 0 Å². The molecular weight excluding hydrogens is 390 g/mol. The minimum Gasteiger partial charge on any atom is -0.307 e. The fraction of sp³-hybridized carbons (Fsp3) is 0.409. The summed E-state index contributed by atoms with van der Waals surface area (Å²) in [6.07, 6.45) is 5.23. The molecule has 3 aromatic rings. The van der Waals surface area contributed by atoms with Gasteiger partial charge in [0.15, 0.2) is 5.78 Å². The molecule has 8 heteroatoms. The molecule has 1 aromatic carbocycles. The summed E-state index contributed by atoms with van der Waals surface area (Å²) >= 11 is 0. The van der Waals surface area contributed by atoms with Gasteiger partial charge in [-0.3, -0.25) is 9.59 Å². The number of likely N-dealkylation sites (tertiary alicyclic amines) is 1. The zero-order valence-electron chi connectivity index (χ0n) is 16.6. The van der Waals surface area contributed by atoms with Crippen LogP contribution in [-0.4, -0.2) is 44.9 Å². The Morgan fingerprint density at radius 3 is 2.57 bits per heavy atom. The molecule has 30 heavy (non-hydrogen) atoms. The number of piperidine rings is 1. The van der Waals surface area contributed by atoms with Crippen molar-refractivity contribution in [2.75, 3.05) is 19.6 Å². The fourth-order valence-corrected chi connectivity index (χ4v) is 4.03. The molecule has 0 atom stereocenters. The van der Waals surface area contributed by atoms with E-state index < -0.39 is 5.82 Å². The lowest BCUT2D eigenvalue weighted by atomic mass is 9.89. The Morgan fingerprint density at radius 1 is 1.10 bits per heavy atom. The van der Waals surface area contributed by atoms with Gasteiger partial charge in [-0.25, -0.2) is 13.3 Å². The number of rotatable bonds is 7. The van der Waals surface area contributed by atoms with E-state index in [9.17, 15) is 18.4 Å². The van der Waals surface area contributed by atoms with Crippen molar-refractivity contribution in [2.45, 2.75) is 32.1 Å². The monoisotopic (exact) mass is 414 g/mol. The molecule has 0 bridgehead atoms. The second kappa shape index (κ2) is 8.87. The molecule has 1 fully saturated rings. The molecule has 0 radical (unpaired) electrons. The SMILES string of the molecule is O=C(c1ccc(F)cc1)C1CCN(CCCCc2nn3cc(F)cc3c(=O)[nH]2)CC1. The summed E-state index contributed by atoms with van der Waals surface area (Å²) in [5, 5.41) is 4.25. The van der Waals surface area contributed by atoms with Gasteiger partial charge in [-0.2, -0.15) is 5.10 Å². The molecule has 1 N–H and O–H groups in total. The third kappa shape index (κ3) is 4.64. The molecule has 2 aromatic heterocycles. The number of H-pyrrole nitrogens is 1. The number of aromatic nitrogens is 3. The lowest BCUT2D eigenvalue weighted by molar-refractivity contribution is 0.0839. The number of halogens is 2. The van der Waals surface area contributed by atoms with Crippen LogP contribution in [0.15, 0.2) is 41.3 Å². The molecule has 0 spiro atoms. The van der Waals surface area contributed by atoms with Gasteiger partial charge >= 0.3 is 0 Å². The van der Waals surface area contributed by atoms with Crippen molar-refractivity contribution in [1.82, 2.24) is 19.5 Å². The molecule has 4 rings (SSSR count). The summed E-state index contributed by atoms with van der Waals surface area (Å²) in [4.78, 5) is 29.6. The summed E-state index contributed by atoms with van der Waals surface area (Å²) in [5.41, 5.74) is 0.446. The topological polar surface area (TPSA) is 70.5 Å². The van der Waals surface area contributed by atoms with Gasteiger partial charge in [0.05, 0.1) is 6.20 Å². The van der Waals surface area contributed by atoms with Gasteiger partial charge in [-0.1, -0.05) is 0 Å². The minimum atomic E-state index is -0.480. The third-order valence-corrected chi connectivity index (χ3v) is 5.71. The number of unbranched alkanes of at least 4 members (excludes halogenated alkanes) is 1. The first-order valence-electron chi connectivity index (χ1n) is 10.3. The number of hydrogen-bond donors (Lipinski definition) is 1. The number of nitrogens with zero attached hydrogens (tertiary/aromatic N) is 3. The predicted octanol–water partition coefficient (Wildman–Crippen LogP) is 3.22. The first kappa shape index (κ1) is 20.4. The van der Waals surface area contributed by atoms with E-state index in [1.54, 1.807) is 12.1 Å². The van der Waals surface area contributed by atoms with E-state index in [-0.39, 0.29) is 28.6 Å². The molecule has 0 amide bonds. The summed E-state index contributed by atoms with van der Waals surface area (Å²) in [7, 11) is 0. The number of ketones is 1. The van der Waals surface area contributed by atoms with Crippen LogP contribution < -0.4 is 5.56 Å². The largest absolute Gasteiger partial charge is 0.307 e. The van der Waals surface area contributed by atoms with Crippen molar-refractivity contribution in [3.05, 3.63) is 69.9 Å². The maximum atomic E-state index is 13.3. The molecule has 1 saturated heterocycles. The highest BCUT2D eigenvalue weighted by Crippen LogP contribution is 2.22. The highest BCUT2D eigenvalue weighted by Gasteiger charge is 2.25. The molecule has 0 unspecified atom stereocenters. The van der Waals surface area contributed by atoms with Crippen LogP contribution in [0.3, 0.4) is 0 Å². The second-order valence-electron chi connectivity index (χ2n) is 7.83. The Hall–Kier alpha value is -2.87. The highest BCUT2D eigenvalue weighted by atomic mass is 19.1. The number of benzene rings is 1. The molecule has 1 aliphatic heterocycles. The van der Waals surface area contributed by atoms with E-state index in [4.69, 9.17) is 0 Å². The van der Waals surface area contributed by atoms with Crippen LogP contribution >= 0.6 is 0 Å². The Labute approximate surface area is 172 Å². The minimum absolute atomic E-state index is 0.00493. The first-order chi connectivity index (χ1) is 14.5. The number of carbonyl (C=O) groups is 1. The zero-order valence-corrected chi connectivity index (χ0v) is 16.6. The summed E-state index contributed by atoms with van der Waals surface area (Å²) in [6.45, 7) is 2.64. The number of aromatic amines is 1. The molecule has 3 heterocycles. The Balaban J connectivity index is 1.21. The molecule has 0 saturated carbocycles. The van der Waals surface area contributed by atoms with Gasteiger partial charge in [0.2, 0.25) is 0 Å². The number of nitrogens with one attached hydrogen (secondary N) is 1. The van der Waals surface area contributed by atoms with Crippen molar-refractivity contribution in [1.29, 1.82) is 0 Å². The molecule has 1 aliphatic rings. The van der Waals surface area contributed by atoms with Gasteiger partial charge in [0, 0.05) is 24.0 Å². The van der Waals surface area contributed by atoms with E-state index in [1.807, 2.05) is 0 Å². The number of hydrogen-bond acceptors (Lipinski definition) is 4. The quantitative estimate of drug-likeness (QED) is 0.476. The molecule has 0 aliphatic carbocycles. The average molecular weight is 414 g/mol. The number of Topliss-reactive ketones (excluding diaryl/α,β-unsaturated/α-hetero) is 1. The third-order valence-electron chi connectivity index (χ3n) is 5.71. The van der Waals surface area contributed by atoms with Gasteiger partial charge in [-0.05, 0) is 69.6 Å². The summed E-state index contributed by atoms with van der Waals surface area (Å²) in [5.74, 6) is -0.171. The van der Waals surface area contributed by atoms with Crippen molar-refractivity contribution in [3.63, 3.8) is 0 Å². The Bertz CT molecular complexity index is 1080. The molecular formula is C22H24F2N4O2. The van der Waals surface area contributed by atoms with Crippen LogP contribution in [0.2, 0.25) is 0 Å². The van der Waals surface area contributed by atoms with Crippen LogP contribution in [0.25, 0.3) is 5.52 Å². The maximum absolute atomic E-state index is 13.3. The van der Waals surface area contributed by atoms with Crippen molar-refractivity contribution < 1.29 is 13.6 Å². The Morgan fingerprint density at radius 2 is 1.83 bits per heavy atom. The first-order valence-corrected chi connectivity index (χ1v) is 10.3. The summed E-state index contributed by atoms with van der Waals surface area (Å²) in [6, 6.07) is 6.94. The van der Waals surface area contributed by atoms with Gasteiger partial charge < -0.3 is 9.88 Å². The standard InChI is InChI=1S/C22H24F2N4O2/c23-17-6-4-15(5-7-17)21(29)16-8-11-27(12-9-16)10-2-1-3-20-25-22(30)19-13-18(24)14-28(19)26-20/h4-7,13-14,16H,1-3,8-12H2,(H,25,26,30). The van der Waals surface area contributed by atoms with E-state index in [1.165, 1.54) is 28.9 Å². The number of aryl methyl sites for hydroxylation is 1. The normalized spacial score (nSPS) is 15.7. The van der Waals surface area contributed by atoms with E-state index >= 15 is 0 Å². The zero-order chi connectivity index (χ0) is 21.1. The molecule has 6 nitrogen and oxygen atoms in total. The van der Waals surface area contributed by atoms with Crippen LogP contribution in [0, 0.1) is 17.6 Å². The number of carbonyl (C=O) groups excluding carboxylic acids is 1. The summed E-state index contributed by atoms with van der Waals surface area (Å²) < 4.78 is 27.6. The smallest absolute Gasteiger partial charge is 0.275 e. The lowest BCUT2D eigenvalue weighted by Gasteiger charge is -2.31. The molecule has 158 valence electrons. The van der Waals surface area contributed by atoms with Crippen LogP contribution in [0.1, 0.15) is 41.9 Å². The van der Waals surface area contributed by atoms with Gasteiger partial charge in [0.25, 0.3) is 5.56 Å². The van der Waals surface area contributed by atoms with Gasteiger partial charge in [0.1, 0.15) is 23.0 Å². The van der Waals surface area contributed by atoms with Crippen LogP contribution in [0.5, 0.6) is 0 Å². The lowest BCUT2D eigenvalue weighted by Crippen LogP contribution is -2.37. The van der Waals surface area contributed by atoms with E-state index in [0.717, 1.165) is 45.3 Å². The van der Waals surface area contributed by atoms with E-state index in [2.05, 4.69) is 15.0 Å². The number of fused-ring (bicyclic) bond motifs is 1. The van der Waals surface area contributed by atoms with Crippen molar-refractivity contribution in [3.8, 4) is 0 Å². The van der Waals surface area contributed by atoms with E-state index in [0.29, 0.717) is 17.8 Å². The highest BCUT2D eigenvalue weighted by molar-refractivity contribution is 5.97. The van der Waals surface area contributed by atoms with Crippen molar-refractivity contribution in [2.24, 2.45) is 5.92 Å². The van der Waals surface area contributed by atoms with Crippen molar-refractivity contribution >= 4 is 11.3 Å². The van der Waals surface area contributed by atoms with Crippen LogP contribution in [0.4, 0.5) is 8.78 Å². The van der Waals surface area contributed by atoms with Crippen LogP contribution in [-0.2, 0) is 6.42 Å². The average Bonchev–Trinajstić information content (AvgIpc) is 3.12. The fourth-order valence-electron chi connectivity index (χ4n) is 4.03.